The first-order valence-corrected chi connectivity index (χ1v) is 7.04. The second-order valence-electron chi connectivity index (χ2n) is 5.49. The summed E-state index contributed by atoms with van der Waals surface area (Å²) in [7, 11) is 0. The van der Waals surface area contributed by atoms with Crippen LogP contribution < -0.4 is 11.3 Å². The summed E-state index contributed by atoms with van der Waals surface area (Å²) in [6.45, 7) is 0. The van der Waals surface area contributed by atoms with Gasteiger partial charge in [-0.3, -0.25) is 14.5 Å². The molecule has 0 amide bonds. The lowest BCUT2D eigenvalue weighted by Crippen LogP contribution is -2.24. The monoisotopic (exact) mass is 268 g/mol. The number of nitrogens with zero attached hydrogens (tertiary/aromatic N) is 2. The third-order valence-electron chi connectivity index (χ3n) is 4.34. The first-order chi connectivity index (χ1) is 9.77. The fourth-order valence-electron chi connectivity index (χ4n) is 3.40. The molecule has 4 rings (SSSR count). The van der Waals surface area contributed by atoms with Crippen molar-refractivity contribution in [1.29, 1.82) is 0 Å². The van der Waals surface area contributed by atoms with Gasteiger partial charge in [0.05, 0.1) is 5.39 Å². The third-order valence-corrected chi connectivity index (χ3v) is 4.34. The van der Waals surface area contributed by atoms with Gasteiger partial charge in [0.15, 0.2) is 5.65 Å². The largest absolute Gasteiger partial charge is 0.383 e. The van der Waals surface area contributed by atoms with E-state index in [9.17, 15) is 4.79 Å². The van der Waals surface area contributed by atoms with Crippen LogP contribution in [0.1, 0.15) is 31.7 Å². The van der Waals surface area contributed by atoms with Crippen LogP contribution in [0, 0.1) is 0 Å². The molecule has 1 aromatic carbocycles. The number of rotatable bonds is 1. The molecule has 2 heterocycles. The molecular weight excluding hydrogens is 252 g/mol. The van der Waals surface area contributed by atoms with E-state index in [0.29, 0.717) is 11.5 Å². The van der Waals surface area contributed by atoms with E-state index >= 15 is 0 Å². The zero-order chi connectivity index (χ0) is 13.7. The summed E-state index contributed by atoms with van der Waals surface area (Å²) in [6.07, 6.45) is 4.43. The molecule has 0 saturated heterocycles. The van der Waals surface area contributed by atoms with Gasteiger partial charge in [-0.2, -0.15) is 5.10 Å². The summed E-state index contributed by atoms with van der Waals surface area (Å²) in [4.78, 5) is 12.8. The molecule has 0 atom stereocenters. The van der Waals surface area contributed by atoms with Crippen molar-refractivity contribution in [3.63, 3.8) is 0 Å². The van der Waals surface area contributed by atoms with Crippen LogP contribution in [0.4, 0.5) is 5.82 Å². The van der Waals surface area contributed by atoms with Crippen molar-refractivity contribution in [3.8, 4) is 0 Å². The van der Waals surface area contributed by atoms with Gasteiger partial charge in [-0.1, -0.05) is 31.0 Å². The second kappa shape index (κ2) is 4.10. The van der Waals surface area contributed by atoms with Crippen LogP contribution in [-0.4, -0.2) is 14.8 Å². The minimum atomic E-state index is 0.0477. The van der Waals surface area contributed by atoms with Gasteiger partial charge in [-0.25, -0.2) is 0 Å². The number of nitrogens with one attached hydrogen (secondary N) is 1. The molecule has 0 bridgehead atoms. The summed E-state index contributed by atoms with van der Waals surface area (Å²) >= 11 is 0. The predicted molar refractivity (Wildman–Crippen MR) is 79.8 cm³/mol. The number of nitrogen functional groups attached to an aromatic ring is 1. The van der Waals surface area contributed by atoms with Crippen LogP contribution in [0.5, 0.6) is 0 Å². The molecule has 0 spiro atoms. The molecule has 5 nitrogen and oxygen atoms in total. The maximum Gasteiger partial charge on any atom is 0.260 e. The van der Waals surface area contributed by atoms with Crippen LogP contribution >= 0.6 is 0 Å². The normalized spacial score (nSPS) is 16.4. The van der Waals surface area contributed by atoms with Gasteiger partial charge in [0, 0.05) is 16.8 Å². The highest BCUT2D eigenvalue weighted by Crippen LogP contribution is 2.33. The minimum absolute atomic E-state index is 0.0477. The lowest BCUT2D eigenvalue weighted by molar-refractivity contribution is 0.518. The summed E-state index contributed by atoms with van der Waals surface area (Å²) in [6, 6.07) is 7.87. The van der Waals surface area contributed by atoms with Crippen molar-refractivity contribution in [2.75, 3.05) is 5.73 Å². The summed E-state index contributed by atoms with van der Waals surface area (Å²) in [5, 5.41) is 9.59. The average Bonchev–Trinajstić information content (AvgIpc) is 3.10. The Hall–Kier alpha value is -2.30. The minimum Gasteiger partial charge on any atom is -0.383 e. The Morgan fingerprint density at radius 3 is 2.65 bits per heavy atom. The lowest BCUT2D eigenvalue weighted by atomic mass is 10.1. The molecule has 1 aliphatic rings. The van der Waals surface area contributed by atoms with Gasteiger partial charge in [0.25, 0.3) is 5.56 Å². The number of pyridine rings is 1. The molecule has 1 saturated carbocycles. The quantitative estimate of drug-likeness (QED) is 0.712. The van der Waals surface area contributed by atoms with Crippen molar-refractivity contribution in [2.45, 2.75) is 31.7 Å². The molecule has 2 aromatic heterocycles. The Bertz CT molecular complexity index is 855. The predicted octanol–water partition coefficient (Wildman–Crippen LogP) is 2.58. The second-order valence-corrected chi connectivity index (χ2v) is 5.49. The average molecular weight is 268 g/mol. The lowest BCUT2D eigenvalue weighted by Gasteiger charge is -2.15. The van der Waals surface area contributed by atoms with Crippen molar-refractivity contribution < 1.29 is 0 Å². The first-order valence-electron chi connectivity index (χ1n) is 7.04. The molecule has 3 N–H and O–H groups in total. The zero-order valence-corrected chi connectivity index (χ0v) is 11.1. The number of H-pyrrole nitrogens is 1. The van der Waals surface area contributed by atoms with E-state index in [4.69, 9.17) is 5.73 Å². The van der Waals surface area contributed by atoms with Crippen LogP contribution in [0.15, 0.2) is 29.1 Å². The van der Waals surface area contributed by atoms with Gasteiger partial charge in [0.2, 0.25) is 0 Å². The molecule has 20 heavy (non-hydrogen) atoms. The van der Waals surface area contributed by atoms with Crippen LogP contribution in [-0.2, 0) is 0 Å². The fraction of sp³-hybridized carbons (Fsp3) is 0.333. The Kier molecular flexibility index (Phi) is 2.36. The molecule has 3 aromatic rings. The number of nitrogens with two attached hydrogens (primary N) is 1. The van der Waals surface area contributed by atoms with Crippen molar-refractivity contribution in [3.05, 3.63) is 34.6 Å². The standard InChI is InChI=1S/C15H16N4O/c16-13-12-10-7-3-4-8-11(10)15(20)19(14(12)18-17-13)9-5-1-2-6-9/h3-4,7-9H,1-2,5-6H2,(H3,16,17,18). The Labute approximate surface area is 115 Å². The van der Waals surface area contributed by atoms with Gasteiger partial charge in [0.1, 0.15) is 5.82 Å². The van der Waals surface area contributed by atoms with E-state index in [1.165, 1.54) is 12.8 Å². The maximum absolute atomic E-state index is 12.8. The Morgan fingerprint density at radius 2 is 1.90 bits per heavy atom. The zero-order valence-electron chi connectivity index (χ0n) is 11.1. The highest BCUT2D eigenvalue weighted by Gasteiger charge is 2.23. The van der Waals surface area contributed by atoms with Crippen molar-refractivity contribution in [2.24, 2.45) is 0 Å². The SMILES string of the molecule is Nc1[nH]nc2c1c1ccccc1c(=O)n2C1CCCC1. The summed E-state index contributed by atoms with van der Waals surface area (Å²) in [5.74, 6) is 0.531. The molecule has 5 heteroatoms. The number of aromatic nitrogens is 3. The highest BCUT2D eigenvalue weighted by molar-refractivity contribution is 6.09. The molecule has 0 aliphatic heterocycles. The Morgan fingerprint density at radius 1 is 1.20 bits per heavy atom. The van der Waals surface area contributed by atoms with Crippen LogP contribution in [0.25, 0.3) is 21.8 Å². The van der Waals surface area contributed by atoms with E-state index in [-0.39, 0.29) is 11.6 Å². The van der Waals surface area contributed by atoms with Gasteiger partial charge in [-0.15, -0.1) is 0 Å². The Balaban J connectivity index is 2.20. The van der Waals surface area contributed by atoms with Gasteiger partial charge in [-0.05, 0) is 18.9 Å². The smallest absolute Gasteiger partial charge is 0.260 e. The number of benzene rings is 1. The number of hydrogen-bond acceptors (Lipinski definition) is 3. The van der Waals surface area contributed by atoms with E-state index in [1.54, 1.807) is 0 Å². The fourth-order valence-corrected chi connectivity index (χ4v) is 3.40. The summed E-state index contributed by atoms with van der Waals surface area (Å²) < 4.78 is 1.84. The van der Waals surface area contributed by atoms with E-state index in [2.05, 4.69) is 10.2 Å². The van der Waals surface area contributed by atoms with E-state index in [1.807, 2.05) is 28.8 Å². The van der Waals surface area contributed by atoms with Gasteiger partial charge >= 0.3 is 0 Å². The van der Waals surface area contributed by atoms with Crippen molar-refractivity contribution >= 4 is 27.6 Å². The third kappa shape index (κ3) is 1.43. The molecule has 1 aliphatic carbocycles. The topological polar surface area (TPSA) is 76.7 Å². The van der Waals surface area contributed by atoms with Crippen molar-refractivity contribution in [1.82, 2.24) is 14.8 Å². The van der Waals surface area contributed by atoms with Gasteiger partial charge < -0.3 is 5.73 Å². The molecule has 0 radical (unpaired) electrons. The summed E-state index contributed by atoms with van der Waals surface area (Å²) in [5.41, 5.74) is 6.77. The number of fused-ring (bicyclic) bond motifs is 3. The molecule has 102 valence electrons. The number of hydrogen-bond donors (Lipinski definition) is 2. The van der Waals surface area contributed by atoms with E-state index in [0.717, 1.165) is 29.0 Å². The highest BCUT2D eigenvalue weighted by atomic mass is 16.1. The van der Waals surface area contributed by atoms with Crippen LogP contribution in [0.2, 0.25) is 0 Å². The first kappa shape index (κ1) is 11.5. The van der Waals surface area contributed by atoms with E-state index < -0.39 is 0 Å². The molecular formula is C15H16N4O. The maximum atomic E-state index is 12.8. The number of aromatic amines is 1. The number of anilines is 1. The molecule has 0 unspecified atom stereocenters. The molecule has 1 fully saturated rings. The van der Waals surface area contributed by atoms with Crippen LogP contribution in [0.3, 0.4) is 0 Å².